The number of nitrogens with two attached hydrogens (primary N) is 1. The van der Waals surface area contributed by atoms with Gasteiger partial charge in [0.05, 0.1) is 6.04 Å². The summed E-state index contributed by atoms with van der Waals surface area (Å²) >= 11 is 0. The first-order valence-electron chi connectivity index (χ1n) is 8.59. The fourth-order valence-corrected chi connectivity index (χ4v) is 3.39. The van der Waals surface area contributed by atoms with Gasteiger partial charge >= 0.3 is 0 Å². The van der Waals surface area contributed by atoms with Crippen LogP contribution in [0, 0.1) is 5.41 Å². The molecule has 1 aromatic rings. The molecule has 0 bridgehead atoms. The predicted molar refractivity (Wildman–Crippen MR) is 99.0 cm³/mol. The Morgan fingerprint density at radius 2 is 1.92 bits per heavy atom. The molecule has 0 saturated heterocycles. The molecular formula is C21H24N2O2. The quantitative estimate of drug-likeness (QED) is 0.829. The normalized spacial score (nSPS) is 25.2. The Balaban J connectivity index is 1.79. The fraction of sp³-hybridized carbons (Fsp3) is 0.333. The van der Waals surface area contributed by atoms with E-state index in [1.54, 1.807) is 24.3 Å². The number of Topliss-reactive ketones (excluding diaryl/α,β-unsaturated/α-hetero) is 1. The Labute approximate surface area is 148 Å². The van der Waals surface area contributed by atoms with Crippen molar-refractivity contribution in [3.8, 4) is 0 Å². The Morgan fingerprint density at radius 1 is 1.20 bits per heavy atom. The van der Waals surface area contributed by atoms with Gasteiger partial charge in [-0.1, -0.05) is 56.3 Å². The molecule has 130 valence electrons. The van der Waals surface area contributed by atoms with Gasteiger partial charge in [-0.05, 0) is 17.9 Å². The van der Waals surface area contributed by atoms with Crippen molar-refractivity contribution < 1.29 is 9.59 Å². The average molecular weight is 336 g/mol. The van der Waals surface area contributed by atoms with Gasteiger partial charge in [-0.3, -0.25) is 9.59 Å². The van der Waals surface area contributed by atoms with Crippen molar-refractivity contribution in [2.45, 2.75) is 38.8 Å². The summed E-state index contributed by atoms with van der Waals surface area (Å²) in [6.07, 6.45) is 8.51. The highest BCUT2D eigenvalue weighted by molar-refractivity contribution is 6.10. The molecular weight excluding hydrogens is 312 g/mol. The Morgan fingerprint density at radius 3 is 2.60 bits per heavy atom. The molecule has 0 fully saturated rings. The monoisotopic (exact) mass is 336 g/mol. The summed E-state index contributed by atoms with van der Waals surface area (Å²) < 4.78 is 0. The molecule has 3 rings (SSSR count). The maximum absolute atomic E-state index is 12.6. The number of hydrogen-bond acceptors (Lipinski definition) is 4. The summed E-state index contributed by atoms with van der Waals surface area (Å²) in [7, 11) is 0. The molecule has 25 heavy (non-hydrogen) atoms. The molecule has 2 aliphatic rings. The lowest BCUT2D eigenvalue weighted by molar-refractivity contribution is -0.117. The lowest BCUT2D eigenvalue weighted by Crippen LogP contribution is -2.45. The van der Waals surface area contributed by atoms with E-state index < -0.39 is 0 Å². The van der Waals surface area contributed by atoms with E-state index >= 15 is 0 Å². The summed E-state index contributed by atoms with van der Waals surface area (Å²) in [5, 5.41) is 3.37. The number of ketones is 2. The first kappa shape index (κ1) is 17.4. The zero-order valence-corrected chi connectivity index (χ0v) is 14.7. The molecule has 4 nitrogen and oxygen atoms in total. The third kappa shape index (κ3) is 4.15. The maximum atomic E-state index is 12.6. The average Bonchev–Trinajstić information content (AvgIpc) is 2.55. The highest BCUT2D eigenvalue weighted by Gasteiger charge is 2.29. The second kappa shape index (κ2) is 6.81. The molecule has 0 aliphatic heterocycles. The first-order valence-corrected chi connectivity index (χ1v) is 8.59. The van der Waals surface area contributed by atoms with E-state index in [4.69, 9.17) is 5.73 Å². The smallest absolute Gasteiger partial charge is 0.192 e. The van der Waals surface area contributed by atoms with E-state index in [2.05, 4.69) is 19.2 Å². The number of nitrogens with one attached hydrogen (secondary N) is 1. The topological polar surface area (TPSA) is 72.2 Å². The number of carbonyl (C=O) groups excluding carboxylic acids is 2. The number of allylic oxidation sites excluding steroid dienone is 4. The van der Waals surface area contributed by atoms with Crippen LogP contribution in [-0.2, 0) is 4.79 Å². The van der Waals surface area contributed by atoms with Gasteiger partial charge in [0.2, 0.25) is 0 Å². The summed E-state index contributed by atoms with van der Waals surface area (Å²) in [6.45, 7) is 4.17. The van der Waals surface area contributed by atoms with Crippen LogP contribution in [0.2, 0.25) is 0 Å². The molecule has 0 spiro atoms. The summed E-state index contributed by atoms with van der Waals surface area (Å²) in [5.74, 6) is 0.104. The van der Waals surface area contributed by atoms with E-state index in [0.717, 1.165) is 12.1 Å². The molecule has 3 N–H and O–H groups in total. The van der Waals surface area contributed by atoms with Crippen molar-refractivity contribution in [2.24, 2.45) is 11.1 Å². The lowest BCUT2D eigenvalue weighted by Gasteiger charge is -2.33. The second-order valence-corrected chi connectivity index (χ2v) is 7.58. The molecule has 0 aromatic heterocycles. The second-order valence-electron chi connectivity index (χ2n) is 7.58. The van der Waals surface area contributed by atoms with Gasteiger partial charge in [0.15, 0.2) is 11.6 Å². The van der Waals surface area contributed by atoms with Crippen molar-refractivity contribution in [2.75, 3.05) is 0 Å². The highest BCUT2D eigenvalue weighted by Crippen LogP contribution is 2.33. The number of hydrogen-bond donors (Lipinski definition) is 2. The number of rotatable bonds is 4. The van der Waals surface area contributed by atoms with Gasteiger partial charge in [-0.2, -0.15) is 0 Å². The zero-order valence-electron chi connectivity index (χ0n) is 14.7. The van der Waals surface area contributed by atoms with E-state index in [-0.39, 0.29) is 29.1 Å². The highest BCUT2D eigenvalue weighted by atomic mass is 16.1. The van der Waals surface area contributed by atoms with Crippen LogP contribution in [0.5, 0.6) is 0 Å². The van der Waals surface area contributed by atoms with Crippen LogP contribution in [0.15, 0.2) is 65.9 Å². The van der Waals surface area contributed by atoms with Crippen LogP contribution in [0.1, 0.15) is 37.0 Å². The van der Waals surface area contributed by atoms with Gasteiger partial charge in [0.25, 0.3) is 0 Å². The predicted octanol–water partition coefficient (Wildman–Crippen LogP) is 2.92. The molecule has 0 heterocycles. The van der Waals surface area contributed by atoms with E-state index in [9.17, 15) is 9.59 Å². The molecule has 0 saturated carbocycles. The molecule has 2 unspecified atom stereocenters. The van der Waals surface area contributed by atoms with Crippen LogP contribution >= 0.6 is 0 Å². The zero-order chi connectivity index (χ0) is 18.0. The van der Waals surface area contributed by atoms with E-state index in [0.29, 0.717) is 17.6 Å². The summed E-state index contributed by atoms with van der Waals surface area (Å²) in [4.78, 5) is 24.6. The van der Waals surface area contributed by atoms with Gasteiger partial charge in [-0.25, -0.2) is 0 Å². The van der Waals surface area contributed by atoms with Gasteiger partial charge < -0.3 is 11.1 Å². The largest absolute Gasteiger partial charge is 0.380 e. The van der Waals surface area contributed by atoms with Crippen LogP contribution in [0.25, 0.3) is 0 Å². The van der Waals surface area contributed by atoms with Crippen molar-refractivity contribution in [1.82, 2.24) is 5.32 Å². The summed E-state index contributed by atoms with van der Waals surface area (Å²) in [6, 6.07) is 8.74. The standard InChI is InChI=1S/C21H24N2O2/c1-21(2)12-16(11-17(24)13-21)23-19-10-15(8-9-18(19)22)20(25)14-6-4-3-5-7-14/h3-11,18-19,23H,12-13,22H2,1-2H3. The van der Waals surface area contributed by atoms with Crippen LogP contribution < -0.4 is 11.1 Å². The Bertz CT molecular complexity index is 772. The van der Waals surface area contributed by atoms with Crippen LogP contribution in [0.4, 0.5) is 0 Å². The van der Waals surface area contributed by atoms with Crippen LogP contribution in [0.3, 0.4) is 0 Å². The van der Waals surface area contributed by atoms with Crippen molar-refractivity contribution in [1.29, 1.82) is 0 Å². The molecule has 1 aromatic carbocycles. The van der Waals surface area contributed by atoms with Crippen LogP contribution in [-0.4, -0.2) is 23.7 Å². The minimum atomic E-state index is -0.242. The molecule has 0 radical (unpaired) electrons. The van der Waals surface area contributed by atoms with Gasteiger partial charge in [0.1, 0.15) is 0 Å². The number of carbonyl (C=O) groups is 2. The minimum Gasteiger partial charge on any atom is -0.380 e. The minimum absolute atomic E-state index is 0.0235. The Hall–Kier alpha value is -2.46. The van der Waals surface area contributed by atoms with Crippen molar-refractivity contribution >= 4 is 11.6 Å². The fourth-order valence-electron chi connectivity index (χ4n) is 3.39. The molecule has 2 atom stereocenters. The van der Waals surface area contributed by atoms with E-state index in [1.165, 1.54) is 0 Å². The summed E-state index contributed by atoms with van der Waals surface area (Å²) in [5.41, 5.74) is 8.28. The van der Waals surface area contributed by atoms with Gasteiger partial charge in [0, 0.05) is 35.4 Å². The third-order valence-electron chi connectivity index (χ3n) is 4.58. The maximum Gasteiger partial charge on any atom is 0.192 e. The Kier molecular flexibility index (Phi) is 4.73. The number of benzene rings is 1. The van der Waals surface area contributed by atoms with Crippen molar-refractivity contribution in [3.63, 3.8) is 0 Å². The SMILES string of the molecule is CC1(C)CC(=O)C=C(NC2C=C(C(=O)c3ccccc3)C=CC2N)C1. The first-order chi connectivity index (χ1) is 11.8. The van der Waals surface area contributed by atoms with Gasteiger partial charge in [-0.15, -0.1) is 0 Å². The molecule has 2 aliphatic carbocycles. The third-order valence-corrected chi connectivity index (χ3v) is 4.58. The lowest BCUT2D eigenvalue weighted by atomic mass is 9.78. The van der Waals surface area contributed by atoms with Crippen molar-refractivity contribution in [3.05, 3.63) is 71.5 Å². The molecule has 4 heteroatoms. The molecule has 0 amide bonds. The van der Waals surface area contributed by atoms with E-state index in [1.807, 2.05) is 30.4 Å².